The average molecular weight is 193 g/mol. The molecule has 0 saturated carbocycles. The highest BCUT2D eigenvalue weighted by molar-refractivity contribution is 5.26. The number of nitrogens with one attached hydrogen (secondary N) is 1. The lowest BCUT2D eigenvalue weighted by Crippen LogP contribution is -2.30. The molecule has 1 aromatic carbocycles. The summed E-state index contributed by atoms with van der Waals surface area (Å²) in [6.45, 7) is 7.38. The average Bonchev–Trinajstić information content (AvgIpc) is 2.14. The standard InChI is InChI=1S/C12H19NO/c1-9(2)10(3)13-8-11-5-4-6-12(14)7-11/h4-7,9-10,13-14H,8H2,1-3H3/t10-/m1/s1. The first-order chi connectivity index (χ1) is 6.59. The summed E-state index contributed by atoms with van der Waals surface area (Å²) in [7, 11) is 0. The van der Waals surface area contributed by atoms with Crippen molar-refractivity contribution < 1.29 is 5.11 Å². The third-order valence-corrected chi connectivity index (χ3v) is 2.54. The lowest BCUT2D eigenvalue weighted by Gasteiger charge is -2.17. The van der Waals surface area contributed by atoms with Crippen LogP contribution in [0.15, 0.2) is 24.3 Å². The second kappa shape index (κ2) is 5.01. The number of hydrogen-bond donors (Lipinski definition) is 2. The maximum Gasteiger partial charge on any atom is 0.115 e. The summed E-state index contributed by atoms with van der Waals surface area (Å²) in [5.74, 6) is 0.966. The van der Waals surface area contributed by atoms with Crippen molar-refractivity contribution in [2.75, 3.05) is 0 Å². The molecule has 0 heterocycles. The van der Waals surface area contributed by atoms with Crippen LogP contribution in [0.5, 0.6) is 5.75 Å². The SMILES string of the molecule is CC(C)[C@@H](C)NCc1cccc(O)c1. The maximum atomic E-state index is 9.26. The van der Waals surface area contributed by atoms with Gasteiger partial charge in [0, 0.05) is 12.6 Å². The van der Waals surface area contributed by atoms with Crippen LogP contribution in [-0.2, 0) is 6.54 Å². The number of hydrogen-bond acceptors (Lipinski definition) is 2. The molecule has 14 heavy (non-hydrogen) atoms. The topological polar surface area (TPSA) is 32.3 Å². The monoisotopic (exact) mass is 193 g/mol. The van der Waals surface area contributed by atoms with E-state index in [0.717, 1.165) is 12.1 Å². The van der Waals surface area contributed by atoms with Crippen molar-refractivity contribution in [3.63, 3.8) is 0 Å². The molecule has 0 aliphatic carbocycles. The molecule has 0 aromatic heterocycles. The molecule has 0 amide bonds. The molecule has 0 bridgehead atoms. The van der Waals surface area contributed by atoms with Gasteiger partial charge in [-0.1, -0.05) is 26.0 Å². The van der Waals surface area contributed by atoms with E-state index in [4.69, 9.17) is 0 Å². The van der Waals surface area contributed by atoms with Gasteiger partial charge in [-0.25, -0.2) is 0 Å². The number of benzene rings is 1. The van der Waals surface area contributed by atoms with Crippen molar-refractivity contribution in [3.05, 3.63) is 29.8 Å². The maximum absolute atomic E-state index is 9.26. The van der Waals surface area contributed by atoms with E-state index in [-0.39, 0.29) is 0 Å². The van der Waals surface area contributed by atoms with Crippen LogP contribution in [0.3, 0.4) is 0 Å². The summed E-state index contributed by atoms with van der Waals surface area (Å²) in [4.78, 5) is 0. The summed E-state index contributed by atoms with van der Waals surface area (Å²) >= 11 is 0. The number of rotatable bonds is 4. The summed E-state index contributed by atoms with van der Waals surface area (Å²) in [6, 6.07) is 7.86. The first kappa shape index (κ1) is 11.1. The first-order valence-corrected chi connectivity index (χ1v) is 5.11. The Bertz CT molecular complexity index is 283. The molecule has 1 rings (SSSR count). The van der Waals surface area contributed by atoms with Gasteiger partial charge in [0.05, 0.1) is 0 Å². The molecule has 2 nitrogen and oxygen atoms in total. The fourth-order valence-electron chi connectivity index (χ4n) is 1.18. The number of aromatic hydroxyl groups is 1. The van der Waals surface area contributed by atoms with Crippen LogP contribution in [0.2, 0.25) is 0 Å². The van der Waals surface area contributed by atoms with Crippen LogP contribution in [0.1, 0.15) is 26.3 Å². The van der Waals surface area contributed by atoms with Crippen molar-refractivity contribution in [2.45, 2.75) is 33.4 Å². The quantitative estimate of drug-likeness (QED) is 0.770. The zero-order valence-corrected chi connectivity index (χ0v) is 9.12. The van der Waals surface area contributed by atoms with Gasteiger partial charge in [-0.2, -0.15) is 0 Å². The van der Waals surface area contributed by atoms with Crippen LogP contribution >= 0.6 is 0 Å². The molecule has 0 spiro atoms. The van der Waals surface area contributed by atoms with Gasteiger partial charge in [-0.3, -0.25) is 0 Å². The third-order valence-electron chi connectivity index (χ3n) is 2.54. The normalized spacial score (nSPS) is 13.1. The highest BCUT2D eigenvalue weighted by atomic mass is 16.3. The smallest absolute Gasteiger partial charge is 0.115 e. The molecule has 0 fully saturated rings. The Morgan fingerprint density at radius 1 is 1.29 bits per heavy atom. The van der Waals surface area contributed by atoms with Crippen molar-refractivity contribution in [3.8, 4) is 5.75 Å². The van der Waals surface area contributed by atoms with Crippen LogP contribution in [0.4, 0.5) is 0 Å². The van der Waals surface area contributed by atoms with E-state index in [1.165, 1.54) is 0 Å². The second-order valence-electron chi connectivity index (χ2n) is 4.08. The van der Waals surface area contributed by atoms with E-state index in [1.54, 1.807) is 12.1 Å². The largest absolute Gasteiger partial charge is 0.508 e. The van der Waals surface area contributed by atoms with Crippen molar-refractivity contribution >= 4 is 0 Å². The Balaban J connectivity index is 2.45. The van der Waals surface area contributed by atoms with Gasteiger partial charge in [-0.05, 0) is 30.5 Å². The Labute approximate surface area is 86.0 Å². The van der Waals surface area contributed by atoms with Gasteiger partial charge in [0.2, 0.25) is 0 Å². The highest BCUT2D eigenvalue weighted by Crippen LogP contribution is 2.11. The lowest BCUT2D eigenvalue weighted by molar-refractivity contribution is 0.425. The molecule has 2 N–H and O–H groups in total. The predicted octanol–water partition coefficient (Wildman–Crippen LogP) is 2.53. The summed E-state index contributed by atoms with van der Waals surface area (Å²) in [5, 5.41) is 12.7. The van der Waals surface area contributed by atoms with Crippen molar-refractivity contribution in [2.24, 2.45) is 5.92 Å². The molecule has 0 radical (unpaired) electrons. The second-order valence-corrected chi connectivity index (χ2v) is 4.08. The third kappa shape index (κ3) is 3.38. The lowest BCUT2D eigenvalue weighted by atomic mass is 10.1. The Kier molecular flexibility index (Phi) is 3.96. The highest BCUT2D eigenvalue weighted by Gasteiger charge is 2.05. The Hall–Kier alpha value is -1.02. The van der Waals surface area contributed by atoms with Gasteiger partial charge < -0.3 is 10.4 Å². The number of phenolic OH excluding ortho intramolecular Hbond substituents is 1. The van der Waals surface area contributed by atoms with Crippen LogP contribution in [0.25, 0.3) is 0 Å². The van der Waals surface area contributed by atoms with E-state index in [1.807, 2.05) is 12.1 Å². The van der Waals surface area contributed by atoms with Crippen LogP contribution < -0.4 is 5.32 Å². The minimum Gasteiger partial charge on any atom is -0.508 e. The zero-order chi connectivity index (χ0) is 10.6. The van der Waals surface area contributed by atoms with Gasteiger partial charge in [0.25, 0.3) is 0 Å². The van der Waals surface area contributed by atoms with E-state index < -0.39 is 0 Å². The Morgan fingerprint density at radius 2 is 2.00 bits per heavy atom. The van der Waals surface area contributed by atoms with E-state index in [2.05, 4.69) is 26.1 Å². The Morgan fingerprint density at radius 3 is 2.57 bits per heavy atom. The van der Waals surface area contributed by atoms with Crippen LogP contribution in [-0.4, -0.2) is 11.1 Å². The molecule has 1 atom stereocenters. The van der Waals surface area contributed by atoms with Gasteiger partial charge >= 0.3 is 0 Å². The van der Waals surface area contributed by atoms with Gasteiger partial charge in [0.15, 0.2) is 0 Å². The molecular formula is C12H19NO. The molecule has 2 heteroatoms. The molecule has 0 unspecified atom stereocenters. The number of phenols is 1. The van der Waals surface area contributed by atoms with Crippen LogP contribution in [0, 0.1) is 5.92 Å². The zero-order valence-electron chi connectivity index (χ0n) is 9.12. The van der Waals surface area contributed by atoms with E-state index >= 15 is 0 Å². The van der Waals surface area contributed by atoms with Crippen molar-refractivity contribution in [1.82, 2.24) is 5.32 Å². The summed E-state index contributed by atoms with van der Waals surface area (Å²) in [6.07, 6.45) is 0. The molecule has 0 aliphatic rings. The van der Waals surface area contributed by atoms with E-state index in [0.29, 0.717) is 17.7 Å². The van der Waals surface area contributed by atoms with Gasteiger partial charge in [0.1, 0.15) is 5.75 Å². The fourth-order valence-corrected chi connectivity index (χ4v) is 1.18. The summed E-state index contributed by atoms with van der Waals surface area (Å²) in [5.41, 5.74) is 1.12. The molecule has 1 aromatic rings. The molecule has 0 aliphatic heterocycles. The predicted molar refractivity (Wildman–Crippen MR) is 59.2 cm³/mol. The minimum atomic E-state index is 0.335. The molecule has 0 saturated heterocycles. The molecule has 78 valence electrons. The molecular weight excluding hydrogens is 174 g/mol. The van der Waals surface area contributed by atoms with Gasteiger partial charge in [-0.15, -0.1) is 0 Å². The fraction of sp³-hybridized carbons (Fsp3) is 0.500. The van der Waals surface area contributed by atoms with E-state index in [9.17, 15) is 5.11 Å². The first-order valence-electron chi connectivity index (χ1n) is 5.11. The van der Waals surface area contributed by atoms with Crippen molar-refractivity contribution in [1.29, 1.82) is 0 Å². The summed E-state index contributed by atoms with van der Waals surface area (Å²) < 4.78 is 0. The minimum absolute atomic E-state index is 0.335.